The Balaban J connectivity index is 2.15. The molecule has 1 aromatic carbocycles. The minimum Gasteiger partial charge on any atom is -0.421 e. The van der Waals surface area contributed by atoms with Gasteiger partial charge < -0.3 is 20.0 Å². The van der Waals surface area contributed by atoms with Gasteiger partial charge in [-0.1, -0.05) is 12.1 Å². The lowest BCUT2D eigenvalue weighted by atomic mass is 10.0. The van der Waals surface area contributed by atoms with Gasteiger partial charge in [-0.2, -0.15) is 13.2 Å². The van der Waals surface area contributed by atoms with Crippen LogP contribution in [0, 0.1) is 12.3 Å². The molecule has 0 bridgehead atoms. The molecule has 1 aromatic heterocycles. The van der Waals surface area contributed by atoms with E-state index in [-0.39, 0.29) is 11.5 Å². The first-order valence-electron chi connectivity index (χ1n) is 6.10. The highest BCUT2D eigenvalue weighted by atomic mass is 19.4. The Morgan fingerprint density at radius 1 is 1.18 bits per heavy atom. The Bertz CT molecular complexity index is 678. The number of aliphatic hydroxyl groups is 2. The SMILES string of the molecule is Cc1nnc(-c2ccc(C(=N)CC(O)(O)C(F)(F)F)cc2)o1. The molecule has 2 rings (SSSR count). The first-order valence-corrected chi connectivity index (χ1v) is 6.10. The van der Waals surface area contributed by atoms with E-state index in [1.165, 1.54) is 24.3 Å². The molecule has 0 aliphatic rings. The monoisotopic (exact) mass is 315 g/mol. The van der Waals surface area contributed by atoms with Crippen LogP contribution in [0.5, 0.6) is 0 Å². The van der Waals surface area contributed by atoms with E-state index in [4.69, 9.17) is 20.0 Å². The Labute approximate surface area is 122 Å². The highest BCUT2D eigenvalue weighted by Gasteiger charge is 2.53. The van der Waals surface area contributed by atoms with Crippen molar-refractivity contribution in [3.8, 4) is 11.5 Å². The van der Waals surface area contributed by atoms with E-state index in [1.807, 2.05) is 0 Å². The first-order chi connectivity index (χ1) is 10.1. The van der Waals surface area contributed by atoms with E-state index >= 15 is 0 Å². The molecule has 118 valence electrons. The molecule has 1 heterocycles. The minimum absolute atomic E-state index is 0.122. The molecule has 2 aromatic rings. The average molecular weight is 315 g/mol. The number of alkyl halides is 3. The van der Waals surface area contributed by atoms with Crippen LogP contribution in [0.15, 0.2) is 28.7 Å². The maximum atomic E-state index is 12.4. The summed E-state index contributed by atoms with van der Waals surface area (Å²) in [6, 6.07) is 5.70. The molecular formula is C13H12F3N3O3. The molecule has 9 heteroatoms. The van der Waals surface area contributed by atoms with Crippen molar-refractivity contribution >= 4 is 5.71 Å². The zero-order chi connectivity index (χ0) is 16.5. The zero-order valence-corrected chi connectivity index (χ0v) is 11.3. The third-order valence-corrected chi connectivity index (χ3v) is 2.88. The fourth-order valence-electron chi connectivity index (χ4n) is 1.68. The lowest BCUT2D eigenvalue weighted by Crippen LogP contribution is -2.46. The third-order valence-electron chi connectivity index (χ3n) is 2.88. The van der Waals surface area contributed by atoms with Gasteiger partial charge in [0.1, 0.15) is 0 Å². The maximum absolute atomic E-state index is 12.4. The van der Waals surface area contributed by atoms with Crippen molar-refractivity contribution in [1.82, 2.24) is 10.2 Å². The number of benzene rings is 1. The standard InChI is InChI=1S/C13H12F3N3O3/c1-7-18-19-11(22-7)9-4-2-8(3-5-9)10(17)6-12(20,21)13(14,15)16/h2-5,17,20-21H,6H2,1H3. The second kappa shape index (κ2) is 5.50. The summed E-state index contributed by atoms with van der Waals surface area (Å²) in [4.78, 5) is 0. The topological polar surface area (TPSA) is 103 Å². The molecule has 22 heavy (non-hydrogen) atoms. The van der Waals surface area contributed by atoms with Gasteiger partial charge in [0.25, 0.3) is 5.79 Å². The van der Waals surface area contributed by atoms with Crippen molar-refractivity contribution in [1.29, 1.82) is 5.41 Å². The zero-order valence-electron chi connectivity index (χ0n) is 11.3. The number of rotatable bonds is 4. The lowest BCUT2D eigenvalue weighted by Gasteiger charge is -2.24. The van der Waals surface area contributed by atoms with Crippen molar-refractivity contribution in [2.75, 3.05) is 0 Å². The van der Waals surface area contributed by atoms with E-state index in [9.17, 15) is 13.2 Å². The quantitative estimate of drug-likeness (QED) is 0.592. The second-order valence-corrected chi connectivity index (χ2v) is 4.67. The van der Waals surface area contributed by atoms with Crippen LogP contribution in [-0.2, 0) is 0 Å². The third kappa shape index (κ3) is 3.31. The number of aryl methyl sites for hydroxylation is 1. The van der Waals surface area contributed by atoms with Crippen molar-refractivity contribution < 1.29 is 27.8 Å². The molecule has 0 aliphatic carbocycles. The summed E-state index contributed by atoms with van der Waals surface area (Å²) >= 11 is 0. The minimum atomic E-state index is -5.24. The lowest BCUT2D eigenvalue weighted by molar-refractivity contribution is -0.344. The van der Waals surface area contributed by atoms with Gasteiger partial charge in [0, 0.05) is 18.2 Å². The summed E-state index contributed by atoms with van der Waals surface area (Å²) in [7, 11) is 0. The van der Waals surface area contributed by atoms with E-state index < -0.39 is 24.1 Å². The number of aromatic nitrogens is 2. The molecule has 0 unspecified atom stereocenters. The van der Waals surface area contributed by atoms with Crippen LogP contribution in [0.25, 0.3) is 11.5 Å². The Kier molecular flexibility index (Phi) is 4.03. The normalized spacial score (nSPS) is 12.5. The van der Waals surface area contributed by atoms with Gasteiger partial charge in [0.2, 0.25) is 11.8 Å². The molecule has 0 saturated carbocycles. The molecule has 0 atom stereocenters. The van der Waals surface area contributed by atoms with E-state index in [2.05, 4.69) is 10.2 Å². The highest BCUT2D eigenvalue weighted by Crippen LogP contribution is 2.31. The first kappa shape index (κ1) is 16.1. The van der Waals surface area contributed by atoms with Crippen LogP contribution in [0.1, 0.15) is 17.9 Å². The van der Waals surface area contributed by atoms with Crippen LogP contribution in [0.3, 0.4) is 0 Å². The second-order valence-electron chi connectivity index (χ2n) is 4.67. The molecular weight excluding hydrogens is 303 g/mol. The van der Waals surface area contributed by atoms with Gasteiger partial charge in [-0.25, -0.2) is 0 Å². The van der Waals surface area contributed by atoms with Crippen molar-refractivity contribution in [3.05, 3.63) is 35.7 Å². The van der Waals surface area contributed by atoms with Crippen LogP contribution >= 0.6 is 0 Å². The number of hydrogen-bond donors (Lipinski definition) is 3. The molecule has 0 spiro atoms. The Morgan fingerprint density at radius 2 is 1.77 bits per heavy atom. The van der Waals surface area contributed by atoms with Gasteiger partial charge in [0.15, 0.2) is 0 Å². The van der Waals surface area contributed by atoms with E-state index in [0.717, 1.165) is 0 Å². The number of nitrogens with one attached hydrogen (secondary N) is 1. The predicted octanol–water partition coefficient (Wildman–Crippen LogP) is 2.05. The van der Waals surface area contributed by atoms with E-state index in [1.54, 1.807) is 6.92 Å². The molecule has 0 amide bonds. The van der Waals surface area contributed by atoms with Gasteiger partial charge in [-0.15, -0.1) is 10.2 Å². The van der Waals surface area contributed by atoms with E-state index in [0.29, 0.717) is 11.5 Å². The van der Waals surface area contributed by atoms with Crippen LogP contribution < -0.4 is 0 Å². The molecule has 3 N–H and O–H groups in total. The van der Waals surface area contributed by atoms with Crippen LogP contribution in [-0.4, -0.2) is 38.1 Å². The Morgan fingerprint density at radius 3 is 2.23 bits per heavy atom. The van der Waals surface area contributed by atoms with Crippen LogP contribution in [0.4, 0.5) is 13.2 Å². The number of hydrogen-bond acceptors (Lipinski definition) is 6. The molecule has 0 saturated heterocycles. The molecule has 0 fully saturated rings. The largest absolute Gasteiger partial charge is 0.443 e. The summed E-state index contributed by atoms with van der Waals surface area (Å²) in [5.41, 5.74) is 0.0968. The van der Waals surface area contributed by atoms with Crippen molar-refractivity contribution in [3.63, 3.8) is 0 Å². The molecule has 0 aliphatic heterocycles. The summed E-state index contributed by atoms with van der Waals surface area (Å²) < 4.78 is 42.3. The number of nitrogens with zero attached hydrogens (tertiary/aromatic N) is 2. The molecule has 6 nitrogen and oxygen atoms in total. The predicted molar refractivity (Wildman–Crippen MR) is 69.1 cm³/mol. The Hall–Kier alpha value is -2.26. The van der Waals surface area contributed by atoms with Gasteiger partial charge >= 0.3 is 6.18 Å². The van der Waals surface area contributed by atoms with Gasteiger partial charge in [-0.3, -0.25) is 0 Å². The van der Waals surface area contributed by atoms with Gasteiger partial charge in [0.05, 0.1) is 6.42 Å². The van der Waals surface area contributed by atoms with Crippen molar-refractivity contribution in [2.45, 2.75) is 25.3 Å². The fraction of sp³-hybridized carbons (Fsp3) is 0.308. The maximum Gasteiger partial charge on any atom is 0.443 e. The molecule has 0 radical (unpaired) electrons. The average Bonchev–Trinajstić information content (AvgIpc) is 2.84. The van der Waals surface area contributed by atoms with Crippen LogP contribution in [0.2, 0.25) is 0 Å². The highest BCUT2D eigenvalue weighted by molar-refractivity contribution is 5.99. The smallest absolute Gasteiger partial charge is 0.421 e. The van der Waals surface area contributed by atoms with Gasteiger partial charge in [-0.05, 0) is 17.7 Å². The summed E-state index contributed by atoms with van der Waals surface area (Å²) in [6.07, 6.45) is -6.50. The van der Waals surface area contributed by atoms with Crippen molar-refractivity contribution in [2.24, 2.45) is 0 Å². The fourth-order valence-corrected chi connectivity index (χ4v) is 1.68. The number of halogens is 3. The summed E-state index contributed by atoms with van der Waals surface area (Å²) in [5.74, 6) is -3.33. The summed E-state index contributed by atoms with van der Waals surface area (Å²) in [5, 5.41) is 33.0. The summed E-state index contributed by atoms with van der Waals surface area (Å²) in [6.45, 7) is 1.61.